The zero-order chi connectivity index (χ0) is 14.1. The number of hydrogen-bond acceptors (Lipinski definition) is 3. The Kier molecular flexibility index (Phi) is 7.50. The Morgan fingerprint density at radius 1 is 1.22 bits per heavy atom. The van der Waals surface area contributed by atoms with Gasteiger partial charge in [-0.3, -0.25) is 4.79 Å². The van der Waals surface area contributed by atoms with Crippen molar-refractivity contribution in [2.45, 2.75) is 39.2 Å². The molecule has 5 N–H and O–H groups in total. The van der Waals surface area contributed by atoms with Gasteiger partial charge in [0.05, 0.1) is 0 Å². The number of unbranched alkanes of at least 4 members (excludes halogenated alkanes) is 1. The molecule has 0 aromatic carbocycles. The van der Waals surface area contributed by atoms with Gasteiger partial charge in [0.1, 0.15) is 6.04 Å². The predicted molar refractivity (Wildman–Crippen MR) is 65.8 cm³/mol. The molecule has 0 rings (SSSR count). The van der Waals surface area contributed by atoms with E-state index in [0.717, 1.165) is 0 Å². The van der Waals surface area contributed by atoms with Crippen LogP contribution in [0, 0.1) is 5.92 Å². The third kappa shape index (κ3) is 7.48. The third-order valence-corrected chi connectivity index (χ3v) is 2.38. The number of rotatable bonds is 8. The molecule has 104 valence electrons. The van der Waals surface area contributed by atoms with Gasteiger partial charge in [-0.05, 0) is 18.8 Å². The van der Waals surface area contributed by atoms with Gasteiger partial charge >= 0.3 is 12.0 Å². The summed E-state index contributed by atoms with van der Waals surface area (Å²) < 4.78 is 0. The standard InChI is InChI=1S/C11H21N3O4/c1-7(2)9(10(16)17)14-8(15)5-3-4-6-13-11(12)18/h7,9H,3-6H2,1-2H3,(H,14,15)(H,16,17)(H3,12,13,18)/t9-/m1/s1. The molecule has 0 aliphatic heterocycles. The molecule has 0 radical (unpaired) electrons. The largest absolute Gasteiger partial charge is 0.480 e. The van der Waals surface area contributed by atoms with Crippen molar-refractivity contribution in [1.29, 1.82) is 0 Å². The van der Waals surface area contributed by atoms with Gasteiger partial charge in [-0.1, -0.05) is 13.8 Å². The summed E-state index contributed by atoms with van der Waals surface area (Å²) in [5, 5.41) is 13.8. The van der Waals surface area contributed by atoms with Crippen LogP contribution in [0.3, 0.4) is 0 Å². The Balaban J connectivity index is 3.82. The molecule has 1 atom stereocenters. The van der Waals surface area contributed by atoms with Gasteiger partial charge in [-0.25, -0.2) is 9.59 Å². The summed E-state index contributed by atoms with van der Waals surface area (Å²) >= 11 is 0. The molecule has 7 nitrogen and oxygen atoms in total. The average Bonchev–Trinajstić information content (AvgIpc) is 2.24. The van der Waals surface area contributed by atoms with E-state index < -0.39 is 18.0 Å². The molecule has 18 heavy (non-hydrogen) atoms. The molecule has 7 heteroatoms. The fraction of sp³-hybridized carbons (Fsp3) is 0.727. The minimum absolute atomic E-state index is 0.164. The number of urea groups is 1. The first-order valence-electron chi connectivity index (χ1n) is 5.90. The molecular weight excluding hydrogens is 238 g/mol. The molecule has 0 unspecified atom stereocenters. The predicted octanol–water partition coefficient (Wildman–Crippen LogP) is 0.0504. The van der Waals surface area contributed by atoms with Gasteiger partial charge < -0.3 is 21.5 Å². The minimum atomic E-state index is -1.03. The Bertz CT molecular complexity index is 305. The van der Waals surface area contributed by atoms with Crippen LogP contribution in [0.1, 0.15) is 33.1 Å². The highest BCUT2D eigenvalue weighted by Crippen LogP contribution is 2.03. The Morgan fingerprint density at radius 2 is 1.83 bits per heavy atom. The summed E-state index contributed by atoms with van der Waals surface area (Å²) in [7, 11) is 0. The molecule has 0 bridgehead atoms. The maximum absolute atomic E-state index is 11.5. The molecule has 0 aliphatic carbocycles. The summed E-state index contributed by atoms with van der Waals surface area (Å²) in [6.07, 6.45) is 1.42. The molecule has 0 saturated carbocycles. The maximum atomic E-state index is 11.5. The van der Waals surface area contributed by atoms with E-state index in [1.54, 1.807) is 13.8 Å². The van der Waals surface area contributed by atoms with E-state index in [1.807, 2.05) is 0 Å². The second kappa shape index (κ2) is 8.32. The van der Waals surface area contributed by atoms with Gasteiger partial charge in [0.2, 0.25) is 5.91 Å². The number of amides is 3. The van der Waals surface area contributed by atoms with E-state index in [9.17, 15) is 14.4 Å². The van der Waals surface area contributed by atoms with Crippen LogP contribution in [0.25, 0.3) is 0 Å². The number of carbonyl (C=O) groups excluding carboxylic acids is 2. The second-order valence-corrected chi connectivity index (χ2v) is 4.38. The van der Waals surface area contributed by atoms with Crippen molar-refractivity contribution in [3.8, 4) is 0 Å². The number of nitrogens with one attached hydrogen (secondary N) is 2. The molecular formula is C11H21N3O4. The van der Waals surface area contributed by atoms with E-state index in [2.05, 4.69) is 10.6 Å². The van der Waals surface area contributed by atoms with Crippen LogP contribution in [0.4, 0.5) is 4.79 Å². The quantitative estimate of drug-likeness (QED) is 0.460. The number of carbonyl (C=O) groups is 3. The van der Waals surface area contributed by atoms with Crippen LogP contribution in [0.15, 0.2) is 0 Å². The third-order valence-electron chi connectivity index (χ3n) is 2.38. The SMILES string of the molecule is CC(C)[C@@H](NC(=O)CCCCNC(N)=O)C(=O)O. The summed E-state index contributed by atoms with van der Waals surface area (Å²) in [5.74, 6) is -1.49. The zero-order valence-electron chi connectivity index (χ0n) is 10.7. The Hall–Kier alpha value is -1.79. The lowest BCUT2D eigenvalue weighted by Crippen LogP contribution is -2.44. The minimum Gasteiger partial charge on any atom is -0.480 e. The van der Waals surface area contributed by atoms with Gasteiger partial charge in [0.25, 0.3) is 0 Å². The lowest BCUT2D eigenvalue weighted by molar-refractivity contribution is -0.143. The summed E-state index contributed by atoms with van der Waals surface area (Å²) in [4.78, 5) is 32.7. The normalized spacial score (nSPS) is 11.9. The maximum Gasteiger partial charge on any atom is 0.326 e. The fourth-order valence-corrected chi connectivity index (χ4v) is 1.38. The van der Waals surface area contributed by atoms with Gasteiger partial charge in [-0.15, -0.1) is 0 Å². The molecule has 3 amide bonds. The van der Waals surface area contributed by atoms with Gasteiger partial charge in [0, 0.05) is 13.0 Å². The first kappa shape index (κ1) is 16.2. The first-order chi connectivity index (χ1) is 8.34. The van der Waals surface area contributed by atoms with E-state index in [4.69, 9.17) is 10.8 Å². The van der Waals surface area contributed by atoms with Crippen molar-refractivity contribution < 1.29 is 19.5 Å². The highest BCUT2D eigenvalue weighted by Gasteiger charge is 2.22. The summed E-state index contributed by atoms with van der Waals surface area (Å²) in [6.45, 7) is 3.88. The first-order valence-corrected chi connectivity index (χ1v) is 5.90. The smallest absolute Gasteiger partial charge is 0.326 e. The van der Waals surface area contributed by atoms with Crippen molar-refractivity contribution >= 4 is 17.9 Å². The van der Waals surface area contributed by atoms with Crippen LogP contribution in [-0.2, 0) is 9.59 Å². The number of carboxylic acid groups (broad SMARTS) is 1. The van der Waals surface area contributed by atoms with E-state index >= 15 is 0 Å². The molecule has 0 heterocycles. The fourth-order valence-electron chi connectivity index (χ4n) is 1.38. The van der Waals surface area contributed by atoms with Crippen molar-refractivity contribution in [2.24, 2.45) is 11.7 Å². The molecule has 0 aromatic heterocycles. The average molecular weight is 259 g/mol. The number of hydrogen-bond donors (Lipinski definition) is 4. The number of aliphatic carboxylic acids is 1. The van der Waals surface area contributed by atoms with Crippen LogP contribution >= 0.6 is 0 Å². The van der Waals surface area contributed by atoms with Crippen molar-refractivity contribution in [3.63, 3.8) is 0 Å². The molecule has 0 aliphatic rings. The van der Waals surface area contributed by atoms with E-state index in [0.29, 0.717) is 19.4 Å². The van der Waals surface area contributed by atoms with Crippen LogP contribution in [0.2, 0.25) is 0 Å². The van der Waals surface area contributed by atoms with Crippen LogP contribution in [0.5, 0.6) is 0 Å². The Morgan fingerprint density at radius 3 is 2.28 bits per heavy atom. The monoisotopic (exact) mass is 259 g/mol. The van der Waals surface area contributed by atoms with E-state index in [1.165, 1.54) is 0 Å². The number of carboxylic acids is 1. The molecule has 0 saturated heterocycles. The van der Waals surface area contributed by atoms with Crippen LogP contribution < -0.4 is 16.4 Å². The zero-order valence-corrected chi connectivity index (χ0v) is 10.7. The second-order valence-electron chi connectivity index (χ2n) is 4.38. The van der Waals surface area contributed by atoms with E-state index in [-0.39, 0.29) is 18.2 Å². The van der Waals surface area contributed by atoms with Crippen molar-refractivity contribution in [3.05, 3.63) is 0 Å². The topological polar surface area (TPSA) is 122 Å². The van der Waals surface area contributed by atoms with Crippen LogP contribution in [-0.4, -0.2) is 35.6 Å². The molecule has 0 spiro atoms. The van der Waals surface area contributed by atoms with Crippen molar-refractivity contribution in [2.75, 3.05) is 6.54 Å². The highest BCUT2D eigenvalue weighted by atomic mass is 16.4. The summed E-state index contributed by atoms with van der Waals surface area (Å²) in [5.41, 5.74) is 4.87. The molecule has 0 aromatic rings. The summed E-state index contributed by atoms with van der Waals surface area (Å²) in [6, 6.07) is -1.45. The highest BCUT2D eigenvalue weighted by molar-refractivity contribution is 5.83. The lowest BCUT2D eigenvalue weighted by atomic mass is 10.0. The Labute approximate surface area is 106 Å². The van der Waals surface area contributed by atoms with Crippen molar-refractivity contribution in [1.82, 2.24) is 10.6 Å². The van der Waals surface area contributed by atoms with Gasteiger partial charge in [0.15, 0.2) is 0 Å². The number of primary amides is 1. The lowest BCUT2D eigenvalue weighted by Gasteiger charge is -2.17. The number of nitrogens with two attached hydrogens (primary N) is 1. The van der Waals surface area contributed by atoms with Gasteiger partial charge in [-0.2, -0.15) is 0 Å². The molecule has 0 fully saturated rings.